The molecule has 0 radical (unpaired) electrons. The third-order valence-electron chi connectivity index (χ3n) is 2.94. The first-order valence-corrected chi connectivity index (χ1v) is 8.15. The van der Waals surface area contributed by atoms with Crippen molar-refractivity contribution < 1.29 is 13.2 Å². The maximum absolute atomic E-state index is 12.5. The summed E-state index contributed by atoms with van der Waals surface area (Å²) in [5.41, 5.74) is 6.07. The fourth-order valence-corrected chi connectivity index (χ4v) is 3.13. The number of thiocarbonyl (C=S) groups is 1. The predicted molar refractivity (Wildman–Crippen MR) is 85.5 cm³/mol. The van der Waals surface area contributed by atoms with Crippen molar-refractivity contribution in [1.29, 1.82) is 0 Å². The number of hydrogen-bond donors (Lipinski definition) is 1. The second-order valence-corrected chi connectivity index (χ2v) is 6.99. The van der Waals surface area contributed by atoms with Crippen LogP contribution in [-0.4, -0.2) is 55.7 Å². The minimum Gasteiger partial charge on any atom is -0.389 e. The summed E-state index contributed by atoms with van der Waals surface area (Å²) >= 11 is 4.83. The van der Waals surface area contributed by atoms with Crippen molar-refractivity contribution >= 4 is 33.1 Å². The average Bonchev–Trinajstić information content (AvgIpc) is 2.44. The molecule has 116 valence electrons. The minimum atomic E-state index is -3.72. The molecule has 1 aromatic rings. The number of sulfonamides is 1. The predicted octanol–water partition coefficient (Wildman–Crippen LogP) is 0.420. The molecule has 6 nitrogen and oxygen atoms in total. The number of likely N-dealkylation sites (N-methyl/N-ethyl adjacent to an activating group) is 2. The van der Waals surface area contributed by atoms with Crippen LogP contribution in [0.2, 0.25) is 0 Å². The smallest absolute Gasteiger partial charge is 0.243 e. The molecular formula is C13H19N3O3S2. The normalized spacial score (nSPS) is 11.4. The van der Waals surface area contributed by atoms with E-state index in [2.05, 4.69) is 0 Å². The lowest BCUT2D eigenvalue weighted by molar-refractivity contribution is -0.128. The maximum Gasteiger partial charge on any atom is 0.243 e. The molecule has 8 heteroatoms. The van der Waals surface area contributed by atoms with Crippen molar-refractivity contribution in [1.82, 2.24) is 9.21 Å². The molecule has 0 unspecified atom stereocenters. The molecule has 1 amide bonds. The van der Waals surface area contributed by atoms with Crippen molar-refractivity contribution in [2.75, 3.05) is 27.2 Å². The fourth-order valence-electron chi connectivity index (χ4n) is 1.60. The van der Waals surface area contributed by atoms with E-state index in [1.54, 1.807) is 33.2 Å². The Morgan fingerprint density at radius 1 is 1.24 bits per heavy atom. The van der Waals surface area contributed by atoms with Crippen molar-refractivity contribution in [3.05, 3.63) is 29.8 Å². The maximum atomic E-state index is 12.5. The average molecular weight is 329 g/mol. The SMILES string of the molecule is CCN(CC(=O)N(C)C)S(=O)(=O)c1ccc(C(N)=S)cc1. The van der Waals surface area contributed by atoms with Crippen molar-refractivity contribution in [3.8, 4) is 0 Å². The summed E-state index contributed by atoms with van der Waals surface area (Å²) in [6, 6.07) is 5.98. The van der Waals surface area contributed by atoms with Crippen LogP contribution in [0, 0.1) is 0 Å². The van der Waals surface area contributed by atoms with E-state index in [-0.39, 0.29) is 28.9 Å². The van der Waals surface area contributed by atoms with Gasteiger partial charge in [-0.3, -0.25) is 4.79 Å². The van der Waals surface area contributed by atoms with Crippen molar-refractivity contribution in [3.63, 3.8) is 0 Å². The number of benzene rings is 1. The van der Waals surface area contributed by atoms with Gasteiger partial charge in [0.25, 0.3) is 0 Å². The molecule has 0 bridgehead atoms. The Labute approximate surface area is 130 Å². The molecule has 0 aromatic heterocycles. The Kier molecular flexibility index (Phi) is 5.82. The Bertz CT molecular complexity index is 625. The zero-order valence-corrected chi connectivity index (χ0v) is 13.9. The standard InChI is InChI=1S/C13H19N3O3S2/c1-4-16(9-12(17)15(2)3)21(18,19)11-7-5-10(6-8-11)13(14)20/h5-8H,4,9H2,1-3H3,(H2,14,20). The Hall–Kier alpha value is -1.51. The zero-order valence-electron chi connectivity index (χ0n) is 12.2. The summed E-state index contributed by atoms with van der Waals surface area (Å²) in [4.78, 5) is 13.4. The highest BCUT2D eigenvalue weighted by Gasteiger charge is 2.25. The van der Waals surface area contributed by atoms with Crippen LogP contribution in [0.15, 0.2) is 29.2 Å². The number of amides is 1. The number of carbonyl (C=O) groups excluding carboxylic acids is 1. The molecule has 0 aliphatic carbocycles. The molecule has 0 aliphatic rings. The van der Waals surface area contributed by atoms with E-state index in [9.17, 15) is 13.2 Å². The molecule has 0 fully saturated rings. The van der Waals surface area contributed by atoms with E-state index in [0.29, 0.717) is 5.56 Å². The van der Waals surface area contributed by atoms with Gasteiger partial charge in [0.1, 0.15) is 4.99 Å². The van der Waals surface area contributed by atoms with Gasteiger partial charge >= 0.3 is 0 Å². The van der Waals surface area contributed by atoms with Crippen LogP contribution < -0.4 is 5.73 Å². The largest absolute Gasteiger partial charge is 0.389 e. The first-order chi connectivity index (χ1) is 9.70. The quantitative estimate of drug-likeness (QED) is 0.765. The number of hydrogen-bond acceptors (Lipinski definition) is 4. The van der Waals surface area contributed by atoms with Gasteiger partial charge in [-0.1, -0.05) is 31.3 Å². The lowest BCUT2D eigenvalue weighted by atomic mass is 10.2. The first kappa shape index (κ1) is 17.5. The summed E-state index contributed by atoms with van der Waals surface area (Å²) < 4.78 is 26.1. The third-order valence-corrected chi connectivity index (χ3v) is 5.11. The van der Waals surface area contributed by atoms with Gasteiger partial charge in [0.15, 0.2) is 0 Å². The summed E-state index contributed by atoms with van der Waals surface area (Å²) in [6.07, 6.45) is 0. The minimum absolute atomic E-state index is 0.107. The van der Waals surface area contributed by atoms with Crippen LogP contribution in [0.3, 0.4) is 0 Å². The zero-order chi connectivity index (χ0) is 16.2. The lowest BCUT2D eigenvalue weighted by Gasteiger charge is -2.22. The monoisotopic (exact) mass is 329 g/mol. The van der Waals surface area contributed by atoms with Crippen LogP contribution in [0.4, 0.5) is 0 Å². The Balaban J connectivity index is 3.07. The molecule has 0 aliphatic heterocycles. The van der Waals surface area contributed by atoms with E-state index in [1.165, 1.54) is 17.0 Å². The highest BCUT2D eigenvalue weighted by molar-refractivity contribution is 7.89. The molecule has 0 saturated carbocycles. The molecule has 0 spiro atoms. The molecule has 0 heterocycles. The molecule has 0 atom stereocenters. The van der Waals surface area contributed by atoms with E-state index in [4.69, 9.17) is 18.0 Å². The number of nitrogens with zero attached hydrogens (tertiary/aromatic N) is 2. The molecule has 2 N–H and O–H groups in total. The molecule has 21 heavy (non-hydrogen) atoms. The number of carbonyl (C=O) groups is 1. The summed E-state index contributed by atoms with van der Waals surface area (Å²) in [5.74, 6) is -0.278. The summed E-state index contributed by atoms with van der Waals surface area (Å²) in [6.45, 7) is 1.70. The Morgan fingerprint density at radius 2 is 1.76 bits per heavy atom. The summed E-state index contributed by atoms with van der Waals surface area (Å²) in [5, 5.41) is 0. The Morgan fingerprint density at radius 3 is 2.14 bits per heavy atom. The van der Waals surface area contributed by atoms with Gasteiger partial charge in [-0.15, -0.1) is 0 Å². The fraction of sp³-hybridized carbons (Fsp3) is 0.385. The molecule has 1 rings (SSSR count). The van der Waals surface area contributed by atoms with Crippen LogP contribution in [0.25, 0.3) is 0 Å². The van der Waals surface area contributed by atoms with Gasteiger partial charge in [0.2, 0.25) is 15.9 Å². The molecular weight excluding hydrogens is 310 g/mol. The molecule has 0 saturated heterocycles. The van der Waals surface area contributed by atoms with Gasteiger partial charge < -0.3 is 10.6 Å². The highest BCUT2D eigenvalue weighted by Crippen LogP contribution is 2.16. The van der Waals surface area contributed by atoms with Gasteiger partial charge in [-0.2, -0.15) is 4.31 Å². The van der Waals surface area contributed by atoms with E-state index >= 15 is 0 Å². The van der Waals surface area contributed by atoms with Crippen LogP contribution in [0.1, 0.15) is 12.5 Å². The number of rotatable bonds is 6. The van der Waals surface area contributed by atoms with E-state index < -0.39 is 10.0 Å². The van der Waals surface area contributed by atoms with Gasteiger partial charge in [-0.25, -0.2) is 8.42 Å². The summed E-state index contributed by atoms with van der Waals surface area (Å²) in [7, 11) is -0.554. The lowest BCUT2D eigenvalue weighted by Crippen LogP contribution is -2.40. The van der Waals surface area contributed by atoms with Crippen LogP contribution in [-0.2, 0) is 14.8 Å². The highest BCUT2D eigenvalue weighted by atomic mass is 32.2. The van der Waals surface area contributed by atoms with E-state index in [0.717, 1.165) is 4.31 Å². The van der Waals surface area contributed by atoms with Gasteiger partial charge in [-0.05, 0) is 12.1 Å². The second kappa shape index (κ2) is 6.97. The topological polar surface area (TPSA) is 83.7 Å². The van der Waals surface area contributed by atoms with Crippen LogP contribution >= 0.6 is 12.2 Å². The van der Waals surface area contributed by atoms with Gasteiger partial charge in [0.05, 0.1) is 11.4 Å². The second-order valence-electron chi connectivity index (χ2n) is 4.61. The van der Waals surface area contributed by atoms with Gasteiger partial charge in [0, 0.05) is 26.2 Å². The van der Waals surface area contributed by atoms with Crippen LogP contribution in [0.5, 0.6) is 0 Å². The first-order valence-electron chi connectivity index (χ1n) is 6.30. The third kappa shape index (κ3) is 4.23. The van der Waals surface area contributed by atoms with Crippen molar-refractivity contribution in [2.24, 2.45) is 5.73 Å². The van der Waals surface area contributed by atoms with Crippen molar-refractivity contribution in [2.45, 2.75) is 11.8 Å². The van der Waals surface area contributed by atoms with E-state index in [1.807, 2.05) is 0 Å². The molecule has 1 aromatic carbocycles. The number of nitrogens with two attached hydrogens (primary N) is 1.